The number of non-ortho nitro benzene ring substituents is 1. The van der Waals surface area contributed by atoms with Gasteiger partial charge in [-0.25, -0.2) is 0 Å². The van der Waals surface area contributed by atoms with Crippen LogP contribution in [0.15, 0.2) is 18.2 Å². The Hall–Kier alpha value is -3.30. The zero-order valence-corrected chi connectivity index (χ0v) is 17.1. The summed E-state index contributed by atoms with van der Waals surface area (Å²) in [5.74, 6) is -1.77. The highest BCUT2D eigenvalue weighted by Gasteiger charge is 2.39. The number of nitrogens with zero attached hydrogens (tertiary/aromatic N) is 3. The summed E-state index contributed by atoms with van der Waals surface area (Å²) in [6.45, 7) is 5.89. The van der Waals surface area contributed by atoms with Crippen molar-refractivity contribution in [3.63, 3.8) is 0 Å². The predicted molar refractivity (Wildman–Crippen MR) is 106 cm³/mol. The van der Waals surface area contributed by atoms with Gasteiger partial charge in [0, 0.05) is 36.7 Å². The van der Waals surface area contributed by atoms with Gasteiger partial charge >= 0.3 is 0 Å². The molecular formula is C20H24N4O6. The monoisotopic (exact) mass is 416 g/mol. The standard InChI is InChI=1S/C20H24N4O6/c1-20(2,3)19(28)21-12-6-8-22(9-7-12)16(25)11-23-17(26)14-5-4-13(24(29)30)10-15(14)18(23)27/h4-5,10,12H,6-9,11H2,1-3H3,(H,21,28). The lowest BCUT2D eigenvalue weighted by atomic mass is 9.94. The number of nitro benzene ring substituents is 1. The number of hydrogen-bond donors (Lipinski definition) is 1. The fourth-order valence-corrected chi connectivity index (χ4v) is 3.45. The lowest BCUT2D eigenvalue weighted by molar-refractivity contribution is -0.384. The van der Waals surface area contributed by atoms with Crippen molar-refractivity contribution < 1.29 is 24.1 Å². The fourth-order valence-electron chi connectivity index (χ4n) is 3.45. The summed E-state index contributed by atoms with van der Waals surface area (Å²) >= 11 is 0. The van der Waals surface area contributed by atoms with E-state index in [-0.39, 0.29) is 34.7 Å². The van der Waals surface area contributed by atoms with E-state index in [2.05, 4.69) is 5.32 Å². The highest BCUT2D eigenvalue weighted by molar-refractivity contribution is 6.22. The molecule has 3 rings (SSSR count). The normalized spacial score (nSPS) is 17.2. The second-order valence-corrected chi connectivity index (χ2v) is 8.56. The Balaban J connectivity index is 1.59. The maximum atomic E-state index is 12.6. The Labute approximate surface area is 173 Å². The zero-order valence-electron chi connectivity index (χ0n) is 17.1. The maximum Gasteiger partial charge on any atom is 0.270 e. The molecule has 0 spiro atoms. The molecule has 1 N–H and O–H groups in total. The van der Waals surface area contributed by atoms with Crippen molar-refractivity contribution in [2.24, 2.45) is 5.41 Å². The molecule has 4 amide bonds. The zero-order chi connectivity index (χ0) is 22.2. The first-order valence-corrected chi connectivity index (χ1v) is 9.72. The molecule has 1 aromatic carbocycles. The molecule has 1 fully saturated rings. The Morgan fingerprint density at radius 2 is 1.73 bits per heavy atom. The summed E-state index contributed by atoms with van der Waals surface area (Å²) in [6, 6.07) is 3.43. The van der Waals surface area contributed by atoms with Crippen LogP contribution in [-0.4, -0.2) is 64.0 Å². The Morgan fingerprint density at radius 3 is 2.30 bits per heavy atom. The molecule has 1 aromatic rings. The largest absolute Gasteiger partial charge is 0.353 e. The van der Waals surface area contributed by atoms with E-state index in [1.165, 1.54) is 6.07 Å². The molecule has 2 aliphatic heterocycles. The maximum absolute atomic E-state index is 12.6. The molecule has 30 heavy (non-hydrogen) atoms. The lowest BCUT2D eigenvalue weighted by Gasteiger charge is -2.34. The molecule has 1 saturated heterocycles. The van der Waals surface area contributed by atoms with Gasteiger partial charge in [-0.3, -0.25) is 34.2 Å². The Morgan fingerprint density at radius 1 is 1.13 bits per heavy atom. The summed E-state index contributed by atoms with van der Waals surface area (Å²) in [4.78, 5) is 62.4. The van der Waals surface area contributed by atoms with E-state index >= 15 is 0 Å². The van der Waals surface area contributed by atoms with Crippen LogP contribution in [-0.2, 0) is 9.59 Å². The van der Waals surface area contributed by atoms with Crippen molar-refractivity contribution in [1.29, 1.82) is 0 Å². The molecule has 0 unspecified atom stereocenters. The first kappa shape index (κ1) is 21.4. The number of imide groups is 1. The first-order valence-electron chi connectivity index (χ1n) is 9.72. The van der Waals surface area contributed by atoms with Gasteiger partial charge in [-0.05, 0) is 18.9 Å². The topological polar surface area (TPSA) is 130 Å². The number of benzene rings is 1. The summed E-state index contributed by atoms with van der Waals surface area (Å²) in [5.41, 5.74) is -0.789. The molecule has 0 saturated carbocycles. The molecule has 2 heterocycles. The molecule has 160 valence electrons. The quantitative estimate of drug-likeness (QED) is 0.448. The highest BCUT2D eigenvalue weighted by Crippen LogP contribution is 2.27. The van der Waals surface area contributed by atoms with Crippen molar-refractivity contribution in [3.05, 3.63) is 39.4 Å². The van der Waals surface area contributed by atoms with E-state index in [0.29, 0.717) is 25.9 Å². The molecule has 10 nitrogen and oxygen atoms in total. The van der Waals surface area contributed by atoms with Crippen molar-refractivity contribution in [2.75, 3.05) is 19.6 Å². The van der Waals surface area contributed by atoms with Crippen LogP contribution in [0.3, 0.4) is 0 Å². The van der Waals surface area contributed by atoms with Gasteiger partial charge in [0.1, 0.15) is 6.54 Å². The number of carbonyl (C=O) groups excluding carboxylic acids is 4. The van der Waals surface area contributed by atoms with Crippen LogP contribution >= 0.6 is 0 Å². The number of hydrogen-bond acceptors (Lipinski definition) is 6. The number of likely N-dealkylation sites (tertiary alicyclic amines) is 1. The van der Waals surface area contributed by atoms with Crippen molar-refractivity contribution in [1.82, 2.24) is 15.1 Å². The van der Waals surface area contributed by atoms with E-state index in [0.717, 1.165) is 17.0 Å². The minimum Gasteiger partial charge on any atom is -0.353 e. The van der Waals surface area contributed by atoms with Crippen LogP contribution in [0.4, 0.5) is 5.69 Å². The minimum absolute atomic E-state index is 0.0272. The molecule has 0 atom stereocenters. The van der Waals surface area contributed by atoms with Gasteiger partial charge in [-0.2, -0.15) is 0 Å². The molecule has 10 heteroatoms. The molecule has 2 aliphatic rings. The van der Waals surface area contributed by atoms with Gasteiger partial charge in [0.25, 0.3) is 17.5 Å². The van der Waals surface area contributed by atoms with Gasteiger partial charge in [-0.15, -0.1) is 0 Å². The third-order valence-corrected chi connectivity index (χ3v) is 5.32. The average Bonchev–Trinajstić information content (AvgIpc) is 2.92. The Kier molecular flexibility index (Phi) is 5.60. The molecular weight excluding hydrogens is 392 g/mol. The number of piperidine rings is 1. The van der Waals surface area contributed by atoms with Gasteiger partial charge < -0.3 is 10.2 Å². The number of amides is 4. The minimum atomic E-state index is -0.709. The smallest absolute Gasteiger partial charge is 0.270 e. The van der Waals surface area contributed by atoms with Crippen LogP contribution in [0, 0.1) is 15.5 Å². The van der Waals surface area contributed by atoms with Crippen molar-refractivity contribution in [2.45, 2.75) is 39.7 Å². The van der Waals surface area contributed by atoms with E-state index in [1.54, 1.807) is 4.90 Å². The molecule has 0 aliphatic carbocycles. The fraction of sp³-hybridized carbons (Fsp3) is 0.500. The van der Waals surface area contributed by atoms with Crippen LogP contribution in [0.25, 0.3) is 0 Å². The van der Waals surface area contributed by atoms with E-state index in [4.69, 9.17) is 0 Å². The molecule has 0 bridgehead atoms. The number of rotatable bonds is 4. The van der Waals surface area contributed by atoms with E-state index in [9.17, 15) is 29.3 Å². The van der Waals surface area contributed by atoms with Gasteiger partial charge in [0.05, 0.1) is 16.1 Å². The molecule has 0 aromatic heterocycles. The summed E-state index contributed by atoms with van der Waals surface area (Å²) in [6.07, 6.45) is 1.17. The van der Waals surface area contributed by atoms with Crippen LogP contribution in [0.2, 0.25) is 0 Å². The summed E-state index contributed by atoms with van der Waals surface area (Å²) in [5, 5.41) is 13.9. The first-order chi connectivity index (χ1) is 14.0. The van der Waals surface area contributed by atoms with Crippen LogP contribution in [0.5, 0.6) is 0 Å². The summed E-state index contributed by atoms with van der Waals surface area (Å²) < 4.78 is 0. The van der Waals surface area contributed by atoms with Crippen LogP contribution in [0.1, 0.15) is 54.3 Å². The average molecular weight is 416 g/mol. The highest BCUT2D eigenvalue weighted by atomic mass is 16.6. The second kappa shape index (κ2) is 7.85. The predicted octanol–water partition coefficient (Wildman–Crippen LogP) is 1.34. The van der Waals surface area contributed by atoms with Crippen molar-refractivity contribution in [3.8, 4) is 0 Å². The number of carbonyl (C=O) groups is 4. The van der Waals surface area contributed by atoms with Crippen LogP contribution < -0.4 is 5.32 Å². The van der Waals surface area contributed by atoms with Crippen molar-refractivity contribution >= 4 is 29.3 Å². The van der Waals surface area contributed by atoms with E-state index < -0.39 is 28.7 Å². The SMILES string of the molecule is CC(C)(C)C(=O)NC1CCN(C(=O)CN2C(=O)c3ccc([N+](=O)[O-])cc3C2=O)CC1. The van der Waals surface area contributed by atoms with Gasteiger partial charge in [0.15, 0.2) is 0 Å². The van der Waals surface area contributed by atoms with Gasteiger partial charge in [0.2, 0.25) is 11.8 Å². The number of nitro groups is 1. The molecule has 0 radical (unpaired) electrons. The second-order valence-electron chi connectivity index (χ2n) is 8.56. The van der Waals surface area contributed by atoms with Gasteiger partial charge in [-0.1, -0.05) is 20.8 Å². The number of nitrogens with one attached hydrogen (secondary N) is 1. The lowest BCUT2D eigenvalue weighted by Crippen LogP contribution is -2.51. The third kappa shape index (κ3) is 4.17. The third-order valence-electron chi connectivity index (χ3n) is 5.32. The Bertz CT molecular complexity index is 928. The van der Waals surface area contributed by atoms with E-state index in [1.807, 2.05) is 20.8 Å². The summed E-state index contributed by atoms with van der Waals surface area (Å²) in [7, 11) is 0. The number of fused-ring (bicyclic) bond motifs is 1.